The number of rotatable bonds is 3. The van der Waals surface area contributed by atoms with Gasteiger partial charge in [0.2, 0.25) is 0 Å². The maximum Gasteiger partial charge on any atom is 0.411 e. The third-order valence-corrected chi connectivity index (χ3v) is 5.01. The van der Waals surface area contributed by atoms with Crippen molar-refractivity contribution in [2.24, 2.45) is 5.73 Å². The van der Waals surface area contributed by atoms with E-state index in [1.54, 1.807) is 18.2 Å². The van der Waals surface area contributed by atoms with Gasteiger partial charge in [-0.25, -0.2) is 9.78 Å². The van der Waals surface area contributed by atoms with Crippen molar-refractivity contribution in [3.05, 3.63) is 51.5 Å². The van der Waals surface area contributed by atoms with Crippen LogP contribution in [0.1, 0.15) is 21.5 Å². The first-order chi connectivity index (χ1) is 11.8. The van der Waals surface area contributed by atoms with E-state index in [2.05, 4.69) is 26.2 Å². The Morgan fingerprint density at radius 1 is 1.24 bits per heavy atom. The number of hydrogen-bond acceptors (Lipinski definition) is 5. The smallest absolute Gasteiger partial charge is 0.381 e. The van der Waals surface area contributed by atoms with Crippen LogP contribution in [0.2, 0.25) is 0 Å². The Morgan fingerprint density at radius 2 is 2.00 bits per heavy atom. The number of nitrogens with one attached hydrogen (secondary N) is 1. The molecule has 0 fully saturated rings. The molecule has 8 heteroatoms. The van der Waals surface area contributed by atoms with Crippen LogP contribution >= 0.6 is 27.3 Å². The number of thiazole rings is 1. The van der Waals surface area contributed by atoms with Gasteiger partial charge in [-0.15, -0.1) is 0 Å². The van der Waals surface area contributed by atoms with Crippen molar-refractivity contribution in [3.63, 3.8) is 0 Å². The standard InChI is InChI=1S/C17H14BrN3O3S/c1-8-5-9(2)14(11(18)6-8)21-15(22)10-3-4-12-13(7-10)25-17(20-12)24-16(19)23/h3-7H,1-2H3,(H2,19,23)(H,21,22). The second-order valence-electron chi connectivity index (χ2n) is 5.48. The lowest BCUT2D eigenvalue weighted by molar-refractivity contribution is 0.102. The SMILES string of the molecule is Cc1cc(C)c(NC(=O)c2ccc3nc(OC(N)=O)sc3c2)c(Br)c1. The molecule has 3 aromatic rings. The molecular formula is C17H14BrN3O3S. The molecule has 1 aromatic heterocycles. The number of fused-ring (bicyclic) bond motifs is 1. The Kier molecular flexibility index (Phi) is 4.73. The molecule has 2 aromatic carbocycles. The lowest BCUT2D eigenvalue weighted by Crippen LogP contribution is -2.15. The molecule has 0 radical (unpaired) electrons. The van der Waals surface area contributed by atoms with Gasteiger partial charge in [-0.05, 0) is 65.2 Å². The molecule has 6 nitrogen and oxygen atoms in total. The minimum atomic E-state index is -0.920. The van der Waals surface area contributed by atoms with Gasteiger partial charge < -0.3 is 15.8 Å². The van der Waals surface area contributed by atoms with Gasteiger partial charge in [-0.3, -0.25) is 4.79 Å². The van der Waals surface area contributed by atoms with Crippen LogP contribution in [0, 0.1) is 13.8 Å². The van der Waals surface area contributed by atoms with Crippen molar-refractivity contribution in [2.45, 2.75) is 13.8 Å². The number of nitrogens with two attached hydrogens (primary N) is 1. The van der Waals surface area contributed by atoms with Crippen LogP contribution in [0.25, 0.3) is 10.2 Å². The summed E-state index contributed by atoms with van der Waals surface area (Å²) in [6.45, 7) is 3.93. The van der Waals surface area contributed by atoms with E-state index in [0.717, 1.165) is 37.3 Å². The number of halogens is 1. The van der Waals surface area contributed by atoms with Crippen molar-refractivity contribution < 1.29 is 14.3 Å². The van der Waals surface area contributed by atoms with Crippen molar-refractivity contribution >= 4 is 55.2 Å². The van der Waals surface area contributed by atoms with E-state index < -0.39 is 6.09 Å². The second kappa shape index (κ2) is 6.81. The number of primary amides is 1. The molecule has 128 valence electrons. The number of carbonyl (C=O) groups is 2. The highest BCUT2D eigenvalue weighted by Crippen LogP contribution is 2.30. The number of amides is 2. The lowest BCUT2D eigenvalue weighted by atomic mass is 10.1. The van der Waals surface area contributed by atoms with Crippen molar-refractivity contribution in [3.8, 4) is 5.19 Å². The van der Waals surface area contributed by atoms with Crippen LogP contribution in [-0.4, -0.2) is 17.0 Å². The molecular weight excluding hydrogens is 406 g/mol. The maximum absolute atomic E-state index is 12.6. The number of aryl methyl sites for hydroxylation is 2. The van der Waals surface area contributed by atoms with E-state index in [0.29, 0.717) is 11.1 Å². The van der Waals surface area contributed by atoms with E-state index in [9.17, 15) is 9.59 Å². The van der Waals surface area contributed by atoms with Gasteiger partial charge in [0.25, 0.3) is 11.1 Å². The van der Waals surface area contributed by atoms with Gasteiger partial charge in [-0.2, -0.15) is 0 Å². The van der Waals surface area contributed by atoms with E-state index in [-0.39, 0.29) is 11.1 Å². The van der Waals surface area contributed by atoms with Crippen LogP contribution in [0.4, 0.5) is 10.5 Å². The Morgan fingerprint density at radius 3 is 2.68 bits per heavy atom. The minimum absolute atomic E-state index is 0.150. The first kappa shape index (κ1) is 17.4. The van der Waals surface area contributed by atoms with Gasteiger partial charge in [-0.1, -0.05) is 17.4 Å². The molecule has 0 aliphatic rings. The van der Waals surface area contributed by atoms with E-state index >= 15 is 0 Å². The predicted octanol–water partition coefficient (Wildman–Crippen LogP) is 4.39. The highest BCUT2D eigenvalue weighted by molar-refractivity contribution is 9.10. The largest absolute Gasteiger partial charge is 0.411 e. The summed E-state index contributed by atoms with van der Waals surface area (Å²) in [4.78, 5) is 27.5. The first-order valence-electron chi connectivity index (χ1n) is 7.29. The van der Waals surface area contributed by atoms with Gasteiger partial charge in [0.05, 0.1) is 15.9 Å². The average molecular weight is 420 g/mol. The molecule has 0 atom stereocenters. The number of ether oxygens (including phenoxy) is 1. The fourth-order valence-electron chi connectivity index (χ4n) is 2.43. The maximum atomic E-state index is 12.6. The quantitative estimate of drug-likeness (QED) is 0.657. The van der Waals surface area contributed by atoms with Crippen LogP contribution in [0.15, 0.2) is 34.8 Å². The molecule has 0 bridgehead atoms. The molecule has 0 aliphatic heterocycles. The summed E-state index contributed by atoms with van der Waals surface area (Å²) in [6.07, 6.45) is -0.920. The minimum Gasteiger partial charge on any atom is -0.381 e. The Labute approximate surface area is 156 Å². The number of benzene rings is 2. The molecule has 3 rings (SSSR count). The molecule has 1 heterocycles. The third-order valence-electron chi connectivity index (χ3n) is 3.49. The summed E-state index contributed by atoms with van der Waals surface area (Å²) in [6, 6.07) is 9.02. The fraction of sp³-hybridized carbons (Fsp3) is 0.118. The van der Waals surface area contributed by atoms with Gasteiger partial charge in [0, 0.05) is 10.0 Å². The van der Waals surface area contributed by atoms with Crippen molar-refractivity contribution in [1.82, 2.24) is 4.98 Å². The van der Waals surface area contributed by atoms with Crippen LogP contribution in [-0.2, 0) is 0 Å². The van der Waals surface area contributed by atoms with Crippen molar-refractivity contribution in [2.75, 3.05) is 5.32 Å². The summed E-state index contributed by atoms with van der Waals surface area (Å²) in [5, 5.41) is 3.07. The van der Waals surface area contributed by atoms with E-state index in [1.165, 1.54) is 0 Å². The normalized spacial score (nSPS) is 10.7. The molecule has 2 amide bonds. The van der Waals surface area contributed by atoms with Gasteiger partial charge in [0.1, 0.15) is 0 Å². The number of nitrogens with zero attached hydrogens (tertiary/aromatic N) is 1. The zero-order valence-corrected chi connectivity index (χ0v) is 15.8. The molecule has 3 N–H and O–H groups in total. The monoisotopic (exact) mass is 419 g/mol. The first-order valence-corrected chi connectivity index (χ1v) is 8.90. The van der Waals surface area contributed by atoms with Gasteiger partial charge in [0.15, 0.2) is 0 Å². The van der Waals surface area contributed by atoms with Crippen LogP contribution in [0.5, 0.6) is 5.19 Å². The van der Waals surface area contributed by atoms with E-state index in [4.69, 9.17) is 10.5 Å². The number of aromatic nitrogens is 1. The molecule has 0 spiro atoms. The zero-order valence-electron chi connectivity index (χ0n) is 13.4. The van der Waals surface area contributed by atoms with Gasteiger partial charge >= 0.3 is 6.09 Å². The summed E-state index contributed by atoms with van der Waals surface area (Å²) in [7, 11) is 0. The molecule has 0 saturated carbocycles. The third kappa shape index (κ3) is 3.80. The van der Waals surface area contributed by atoms with E-state index in [1.807, 2.05) is 26.0 Å². The molecule has 0 aliphatic carbocycles. The second-order valence-corrected chi connectivity index (χ2v) is 7.32. The summed E-state index contributed by atoms with van der Waals surface area (Å²) < 4.78 is 6.33. The lowest BCUT2D eigenvalue weighted by Gasteiger charge is -2.12. The summed E-state index contributed by atoms with van der Waals surface area (Å²) in [5.41, 5.74) is 8.91. The number of anilines is 1. The van der Waals surface area contributed by atoms with Crippen LogP contribution in [0.3, 0.4) is 0 Å². The summed E-state index contributed by atoms with van der Waals surface area (Å²) >= 11 is 4.63. The molecule has 0 saturated heterocycles. The van der Waals surface area contributed by atoms with Crippen molar-refractivity contribution in [1.29, 1.82) is 0 Å². The average Bonchev–Trinajstić information content (AvgIpc) is 2.90. The van der Waals surface area contributed by atoms with Crippen LogP contribution < -0.4 is 15.8 Å². The highest BCUT2D eigenvalue weighted by atomic mass is 79.9. The number of carbonyl (C=O) groups excluding carboxylic acids is 2. The Hall–Kier alpha value is -2.45. The topological polar surface area (TPSA) is 94.3 Å². The predicted molar refractivity (Wildman–Crippen MR) is 101 cm³/mol. The summed E-state index contributed by atoms with van der Waals surface area (Å²) in [5.74, 6) is -0.236. The Balaban J connectivity index is 1.88. The molecule has 25 heavy (non-hydrogen) atoms. The molecule has 0 unspecified atom stereocenters. The number of hydrogen-bond donors (Lipinski definition) is 2. The fourth-order valence-corrected chi connectivity index (χ4v) is 4.07. The zero-order chi connectivity index (χ0) is 18.1. The Bertz CT molecular complexity index is 977. The highest BCUT2D eigenvalue weighted by Gasteiger charge is 2.14.